The fraction of sp³-hybridized carbons (Fsp3) is 0.263. The molecule has 0 heterocycles. The molecule has 0 atom stereocenters. The fourth-order valence-corrected chi connectivity index (χ4v) is 2.95. The molecule has 0 aromatic heterocycles. The molecule has 0 bridgehead atoms. The molecular weight excluding hydrogens is 430 g/mol. The van der Waals surface area contributed by atoms with Gasteiger partial charge >= 0.3 is 0 Å². The van der Waals surface area contributed by atoms with E-state index in [0.717, 1.165) is 0 Å². The van der Waals surface area contributed by atoms with Crippen LogP contribution in [-0.2, 0) is 11.2 Å². The van der Waals surface area contributed by atoms with Crippen molar-refractivity contribution < 1.29 is 19.2 Å². The van der Waals surface area contributed by atoms with Crippen LogP contribution in [0.2, 0.25) is 0 Å². The Hall–Kier alpha value is -2.94. The molecule has 0 saturated carbocycles. The lowest BCUT2D eigenvalue weighted by molar-refractivity contribution is -0.385. The number of benzene rings is 2. The van der Waals surface area contributed by atoms with E-state index in [1.54, 1.807) is 24.3 Å². The van der Waals surface area contributed by atoms with E-state index in [-0.39, 0.29) is 18.2 Å². The molecule has 0 radical (unpaired) electrons. The molecular formula is C19H20BrN3O5. The number of ether oxygens (including phenoxy) is 2. The van der Waals surface area contributed by atoms with Gasteiger partial charge in [0.1, 0.15) is 0 Å². The van der Waals surface area contributed by atoms with Crippen molar-refractivity contribution in [1.29, 1.82) is 0 Å². The average molecular weight is 450 g/mol. The predicted molar refractivity (Wildman–Crippen MR) is 109 cm³/mol. The minimum Gasteiger partial charge on any atom is -0.493 e. The highest BCUT2D eigenvalue weighted by Crippen LogP contribution is 2.36. The van der Waals surface area contributed by atoms with Gasteiger partial charge in [0, 0.05) is 11.6 Å². The van der Waals surface area contributed by atoms with Crippen molar-refractivity contribution in [2.75, 3.05) is 7.11 Å². The minimum atomic E-state index is -0.517. The highest BCUT2D eigenvalue weighted by molar-refractivity contribution is 9.10. The smallest absolute Gasteiger partial charge is 0.273 e. The van der Waals surface area contributed by atoms with Gasteiger partial charge in [0.25, 0.3) is 5.69 Å². The maximum absolute atomic E-state index is 12.0. The summed E-state index contributed by atoms with van der Waals surface area (Å²) in [5, 5.41) is 14.9. The standard InChI is InChI=1S/C19H20BrN3O5/c1-12(2)28-19-15(20)8-13(9-17(19)27-3)11-21-22-18(24)10-14-6-4-5-7-16(14)23(25)26/h4-9,11-12H,10H2,1-3H3,(H,22,24)/b21-11+. The van der Waals surface area contributed by atoms with Gasteiger partial charge in [-0.15, -0.1) is 0 Å². The monoisotopic (exact) mass is 449 g/mol. The van der Waals surface area contributed by atoms with Crippen LogP contribution in [0.15, 0.2) is 46.0 Å². The molecule has 0 fully saturated rings. The Morgan fingerprint density at radius 2 is 2.07 bits per heavy atom. The van der Waals surface area contributed by atoms with E-state index < -0.39 is 10.8 Å². The summed E-state index contributed by atoms with van der Waals surface area (Å²) in [5.41, 5.74) is 3.26. The number of nitrogens with zero attached hydrogens (tertiary/aromatic N) is 2. The quantitative estimate of drug-likeness (QED) is 0.374. The van der Waals surface area contributed by atoms with Crippen molar-refractivity contribution in [2.45, 2.75) is 26.4 Å². The van der Waals surface area contributed by atoms with Gasteiger partial charge in [0.05, 0.1) is 35.2 Å². The van der Waals surface area contributed by atoms with Crippen LogP contribution in [0.4, 0.5) is 5.69 Å². The van der Waals surface area contributed by atoms with Crippen LogP contribution in [-0.4, -0.2) is 30.3 Å². The van der Waals surface area contributed by atoms with E-state index in [9.17, 15) is 14.9 Å². The van der Waals surface area contributed by atoms with Gasteiger partial charge in [-0.1, -0.05) is 18.2 Å². The highest BCUT2D eigenvalue weighted by Gasteiger charge is 2.15. The number of para-hydroxylation sites is 1. The molecule has 148 valence electrons. The summed E-state index contributed by atoms with van der Waals surface area (Å²) in [5.74, 6) is 0.641. The number of nitrogens with one attached hydrogen (secondary N) is 1. The molecule has 2 rings (SSSR count). The van der Waals surface area contributed by atoms with Gasteiger partial charge in [-0.05, 0) is 47.5 Å². The zero-order valence-corrected chi connectivity index (χ0v) is 17.2. The van der Waals surface area contributed by atoms with Crippen LogP contribution in [0.5, 0.6) is 11.5 Å². The minimum absolute atomic E-state index is 0.0222. The number of halogens is 1. The molecule has 1 amide bonds. The summed E-state index contributed by atoms with van der Waals surface area (Å²) in [6.45, 7) is 3.82. The molecule has 0 spiro atoms. The van der Waals surface area contributed by atoms with E-state index in [2.05, 4.69) is 26.5 Å². The number of rotatable bonds is 8. The summed E-state index contributed by atoms with van der Waals surface area (Å²) >= 11 is 3.44. The maximum Gasteiger partial charge on any atom is 0.273 e. The van der Waals surface area contributed by atoms with Crippen LogP contribution in [0.25, 0.3) is 0 Å². The largest absolute Gasteiger partial charge is 0.493 e. The second-order valence-corrected chi connectivity index (χ2v) is 6.91. The summed E-state index contributed by atoms with van der Waals surface area (Å²) in [4.78, 5) is 22.5. The van der Waals surface area contributed by atoms with Gasteiger partial charge < -0.3 is 9.47 Å². The van der Waals surface area contributed by atoms with Gasteiger partial charge in [-0.3, -0.25) is 14.9 Å². The van der Waals surface area contributed by atoms with Crippen molar-refractivity contribution in [3.63, 3.8) is 0 Å². The Kier molecular flexibility index (Phi) is 7.51. The molecule has 0 aliphatic rings. The van der Waals surface area contributed by atoms with Crippen LogP contribution in [0.3, 0.4) is 0 Å². The van der Waals surface area contributed by atoms with E-state index in [4.69, 9.17) is 9.47 Å². The molecule has 9 heteroatoms. The SMILES string of the molecule is COc1cc(/C=N/NC(=O)Cc2ccccc2[N+](=O)[O-])cc(Br)c1OC(C)C. The Balaban J connectivity index is 2.07. The fourth-order valence-electron chi connectivity index (χ4n) is 2.39. The lowest BCUT2D eigenvalue weighted by atomic mass is 10.1. The Labute approximate surface area is 170 Å². The average Bonchev–Trinajstić information content (AvgIpc) is 2.63. The summed E-state index contributed by atoms with van der Waals surface area (Å²) in [6.07, 6.45) is 1.28. The molecule has 0 unspecified atom stereocenters. The number of amides is 1. The Morgan fingerprint density at radius 1 is 1.36 bits per heavy atom. The summed E-state index contributed by atoms with van der Waals surface area (Å²) < 4.78 is 11.8. The maximum atomic E-state index is 12.0. The van der Waals surface area contributed by atoms with Crippen LogP contribution < -0.4 is 14.9 Å². The Morgan fingerprint density at radius 3 is 2.71 bits per heavy atom. The van der Waals surface area contributed by atoms with Crippen LogP contribution in [0, 0.1) is 10.1 Å². The van der Waals surface area contributed by atoms with E-state index >= 15 is 0 Å². The Bertz CT molecular complexity index is 899. The van der Waals surface area contributed by atoms with E-state index in [1.165, 1.54) is 25.5 Å². The lowest BCUT2D eigenvalue weighted by Gasteiger charge is -2.15. The number of hydrogen-bond donors (Lipinski definition) is 1. The first-order valence-electron chi connectivity index (χ1n) is 8.40. The van der Waals surface area contributed by atoms with Crippen molar-refractivity contribution in [3.8, 4) is 11.5 Å². The number of nitro groups is 1. The lowest BCUT2D eigenvalue weighted by Crippen LogP contribution is -2.20. The number of hydrazone groups is 1. The molecule has 2 aromatic carbocycles. The second-order valence-electron chi connectivity index (χ2n) is 6.06. The number of nitro benzene ring substituents is 1. The third-order valence-electron chi connectivity index (χ3n) is 3.55. The molecule has 8 nitrogen and oxygen atoms in total. The second kappa shape index (κ2) is 9.84. The first kappa shape index (κ1) is 21.4. The van der Waals surface area contributed by atoms with Crippen LogP contribution in [0.1, 0.15) is 25.0 Å². The van der Waals surface area contributed by atoms with Gasteiger partial charge in [0.2, 0.25) is 5.91 Å². The van der Waals surface area contributed by atoms with Crippen molar-refractivity contribution >= 4 is 33.7 Å². The molecule has 0 aliphatic carbocycles. The van der Waals surface area contributed by atoms with Gasteiger partial charge in [-0.2, -0.15) is 5.10 Å². The topological polar surface area (TPSA) is 103 Å². The molecule has 0 aliphatic heterocycles. The molecule has 28 heavy (non-hydrogen) atoms. The predicted octanol–water partition coefficient (Wildman–Crippen LogP) is 3.85. The number of carbonyl (C=O) groups is 1. The summed E-state index contributed by atoms with van der Waals surface area (Å²) in [6, 6.07) is 9.59. The van der Waals surface area contributed by atoms with Crippen molar-refractivity contribution in [2.24, 2.45) is 5.10 Å². The third kappa shape index (κ3) is 5.78. The third-order valence-corrected chi connectivity index (χ3v) is 4.14. The molecule has 2 aromatic rings. The zero-order chi connectivity index (χ0) is 20.7. The number of carbonyl (C=O) groups excluding carboxylic acids is 1. The first-order valence-corrected chi connectivity index (χ1v) is 9.19. The highest BCUT2D eigenvalue weighted by atomic mass is 79.9. The normalized spacial score (nSPS) is 10.9. The van der Waals surface area contributed by atoms with E-state index in [0.29, 0.717) is 27.1 Å². The first-order chi connectivity index (χ1) is 13.3. The van der Waals surface area contributed by atoms with Gasteiger partial charge in [-0.25, -0.2) is 5.43 Å². The summed E-state index contributed by atoms with van der Waals surface area (Å²) in [7, 11) is 1.53. The van der Waals surface area contributed by atoms with Crippen molar-refractivity contribution in [1.82, 2.24) is 5.43 Å². The van der Waals surface area contributed by atoms with Crippen molar-refractivity contribution in [3.05, 3.63) is 62.1 Å². The molecule has 0 saturated heterocycles. The number of methoxy groups -OCH3 is 1. The number of hydrogen-bond acceptors (Lipinski definition) is 6. The molecule has 1 N–H and O–H groups in total. The van der Waals surface area contributed by atoms with Crippen LogP contribution >= 0.6 is 15.9 Å². The van der Waals surface area contributed by atoms with E-state index in [1.807, 2.05) is 13.8 Å². The van der Waals surface area contributed by atoms with Gasteiger partial charge in [0.15, 0.2) is 11.5 Å². The zero-order valence-electron chi connectivity index (χ0n) is 15.6.